The summed E-state index contributed by atoms with van der Waals surface area (Å²) in [6.45, 7) is 1.92. The Morgan fingerprint density at radius 1 is 0.741 bits per heavy atom. The van der Waals surface area contributed by atoms with Crippen LogP contribution in [0.15, 0.2) is 83.8 Å². The maximum atomic E-state index is 12.8. The van der Waals surface area contributed by atoms with Gasteiger partial charge in [0.15, 0.2) is 9.84 Å². The second kappa shape index (κ2) is 8.31. The molecule has 0 aliphatic carbocycles. The summed E-state index contributed by atoms with van der Waals surface area (Å²) < 4.78 is 25.5. The summed E-state index contributed by atoms with van der Waals surface area (Å²) in [5, 5.41) is 0. The molecule has 0 saturated heterocycles. The fourth-order valence-electron chi connectivity index (χ4n) is 3.00. The number of hydrogen-bond donors (Lipinski definition) is 0. The monoisotopic (exact) mass is 378 g/mol. The molecule has 0 fully saturated rings. The van der Waals surface area contributed by atoms with E-state index in [2.05, 4.69) is 0 Å². The Balaban J connectivity index is 1.77. The first kappa shape index (κ1) is 19.1. The van der Waals surface area contributed by atoms with Crippen molar-refractivity contribution >= 4 is 15.6 Å². The lowest BCUT2D eigenvalue weighted by molar-refractivity contribution is -0.117. The highest BCUT2D eigenvalue weighted by molar-refractivity contribution is 7.90. The van der Waals surface area contributed by atoms with Gasteiger partial charge in [0.2, 0.25) is 0 Å². The van der Waals surface area contributed by atoms with E-state index in [1.54, 1.807) is 30.3 Å². The highest BCUT2D eigenvalue weighted by Crippen LogP contribution is 2.20. The van der Waals surface area contributed by atoms with Crippen molar-refractivity contribution in [3.8, 4) is 0 Å². The van der Waals surface area contributed by atoms with Gasteiger partial charge in [-0.25, -0.2) is 8.42 Å². The van der Waals surface area contributed by atoms with Crippen molar-refractivity contribution in [3.63, 3.8) is 0 Å². The average Bonchev–Trinajstić information content (AvgIpc) is 2.64. The van der Waals surface area contributed by atoms with Crippen molar-refractivity contribution in [2.24, 2.45) is 0 Å². The molecule has 3 nitrogen and oxygen atoms in total. The predicted molar refractivity (Wildman–Crippen MR) is 107 cm³/mol. The van der Waals surface area contributed by atoms with E-state index in [1.165, 1.54) is 0 Å². The Morgan fingerprint density at radius 2 is 1.33 bits per heavy atom. The van der Waals surface area contributed by atoms with Crippen molar-refractivity contribution in [1.82, 2.24) is 0 Å². The first-order valence-electron chi connectivity index (χ1n) is 8.86. The molecule has 0 heterocycles. The largest absolute Gasteiger partial charge is 0.299 e. The Labute approximate surface area is 160 Å². The molecular weight excluding hydrogens is 356 g/mol. The smallest absolute Gasteiger partial charge is 0.182 e. The molecule has 4 heteroatoms. The minimum atomic E-state index is -3.46. The third-order valence-electron chi connectivity index (χ3n) is 4.48. The summed E-state index contributed by atoms with van der Waals surface area (Å²) in [5.74, 6) is -0.0356. The second-order valence-electron chi connectivity index (χ2n) is 6.72. The van der Waals surface area contributed by atoms with Crippen LogP contribution >= 0.6 is 0 Å². The van der Waals surface area contributed by atoms with E-state index in [0.717, 1.165) is 16.7 Å². The minimum Gasteiger partial charge on any atom is -0.299 e. The second-order valence-corrected chi connectivity index (χ2v) is 8.71. The molecule has 0 spiro atoms. The van der Waals surface area contributed by atoms with E-state index in [4.69, 9.17) is 0 Å². The van der Waals surface area contributed by atoms with E-state index in [1.807, 2.05) is 55.5 Å². The fraction of sp³-hybridized carbons (Fsp3) is 0.174. The maximum absolute atomic E-state index is 12.8. The van der Waals surface area contributed by atoms with Crippen molar-refractivity contribution in [2.75, 3.05) is 0 Å². The quantitative estimate of drug-likeness (QED) is 0.615. The third kappa shape index (κ3) is 5.14. The first-order valence-corrected chi connectivity index (χ1v) is 10.5. The number of hydrogen-bond acceptors (Lipinski definition) is 3. The number of sulfone groups is 1. The molecule has 0 atom stereocenters. The van der Waals surface area contributed by atoms with Crippen molar-refractivity contribution < 1.29 is 13.2 Å². The summed E-state index contributed by atoms with van der Waals surface area (Å²) in [5.41, 5.74) is 3.43. The number of Topliss-reactive ketones (excluding diaryl/α,β-unsaturated/α-hetero) is 1. The molecule has 0 radical (unpaired) electrons. The zero-order chi connectivity index (χ0) is 19.3. The van der Waals surface area contributed by atoms with Crippen LogP contribution in [0.4, 0.5) is 0 Å². The molecule has 0 N–H and O–H groups in total. The number of aryl methyl sites for hydroxylation is 1. The number of benzene rings is 3. The lowest BCUT2D eigenvalue weighted by Gasteiger charge is -2.10. The summed E-state index contributed by atoms with van der Waals surface area (Å²) in [7, 11) is -3.46. The normalized spacial score (nSPS) is 11.3. The molecule has 3 rings (SSSR count). The third-order valence-corrected chi connectivity index (χ3v) is 6.16. The van der Waals surface area contributed by atoms with Gasteiger partial charge in [-0.15, -0.1) is 0 Å². The van der Waals surface area contributed by atoms with Crippen LogP contribution in [0, 0.1) is 6.92 Å². The van der Waals surface area contributed by atoms with Crippen LogP contribution in [-0.4, -0.2) is 14.2 Å². The molecule has 138 valence electrons. The van der Waals surface area contributed by atoms with Gasteiger partial charge < -0.3 is 0 Å². The number of rotatable bonds is 7. The Hall–Kier alpha value is -2.72. The van der Waals surface area contributed by atoms with Crippen LogP contribution in [-0.2, 0) is 33.2 Å². The van der Waals surface area contributed by atoms with E-state index in [-0.39, 0.29) is 18.0 Å². The van der Waals surface area contributed by atoms with Gasteiger partial charge >= 0.3 is 0 Å². The molecular formula is C23H22O3S. The molecule has 3 aromatic rings. The van der Waals surface area contributed by atoms with Crippen LogP contribution in [0.2, 0.25) is 0 Å². The Kier molecular flexibility index (Phi) is 5.87. The molecule has 0 saturated carbocycles. The van der Waals surface area contributed by atoms with Crippen LogP contribution in [0.3, 0.4) is 0 Å². The Morgan fingerprint density at radius 3 is 2.00 bits per heavy atom. The van der Waals surface area contributed by atoms with E-state index < -0.39 is 9.84 Å². The molecule has 0 aliphatic heterocycles. The van der Waals surface area contributed by atoms with Crippen molar-refractivity contribution in [2.45, 2.75) is 30.4 Å². The van der Waals surface area contributed by atoms with E-state index in [9.17, 15) is 13.2 Å². The molecule has 27 heavy (non-hydrogen) atoms. The maximum Gasteiger partial charge on any atom is 0.182 e. The van der Waals surface area contributed by atoms with Gasteiger partial charge in [0, 0.05) is 12.8 Å². The van der Waals surface area contributed by atoms with E-state index in [0.29, 0.717) is 16.9 Å². The molecule has 0 unspecified atom stereocenters. The summed E-state index contributed by atoms with van der Waals surface area (Å²) in [6, 6.07) is 23.7. The highest BCUT2D eigenvalue weighted by Gasteiger charge is 2.18. The van der Waals surface area contributed by atoms with Crippen molar-refractivity contribution in [1.29, 1.82) is 0 Å². The highest BCUT2D eigenvalue weighted by atomic mass is 32.2. The van der Waals surface area contributed by atoms with Gasteiger partial charge in [-0.1, -0.05) is 72.3 Å². The topological polar surface area (TPSA) is 51.2 Å². The summed E-state index contributed by atoms with van der Waals surface area (Å²) in [4.78, 5) is 12.8. The lowest BCUT2D eigenvalue weighted by atomic mass is 9.99. The lowest BCUT2D eigenvalue weighted by Crippen LogP contribution is -2.11. The van der Waals surface area contributed by atoms with Gasteiger partial charge in [-0.3, -0.25) is 4.79 Å². The van der Waals surface area contributed by atoms with Gasteiger partial charge in [0.05, 0.1) is 10.6 Å². The summed E-state index contributed by atoms with van der Waals surface area (Å²) >= 11 is 0. The molecule has 0 amide bonds. The van der Waals surface area contributed by atoms with Gasteiger partial charge in [-0.2, -0.15) is 0 Å². The molecule has 0 bridgehead atoms. The van der Waals surface area contributed by atoms with Gasteiger partial charge in [0.1, 0.15) is 5.78 Å². The van der Waals surface area contributed by atoms with E-state index >= 15 is 0 Å². The van der Waals surface area contributed by atoms with Crippen LogP contribution in [0.25, 0.3) is 0 Å². The van der Waals surface area contributed by atoms with Crippen LogP contribution < -0.4 is 0 Å². The molecule has 0 aromatic heterocycles. The summed E-state index contributed by atoms with van der Waals surface area (Å²) in [6.07, 6.45) is 0.578. The zero-order valence-corrected chi connectivity index (χ0v) is 16.1. The predicted octanol–water partition coefficient (Wildman–Crippen LogP) is 4.32. The molecule has 0 aliphatic rings. The number of carbonyl (C=O) groups is 1. The van der Waals surface area contributed by atoms with Crippen LogP contribution in [0.5, 0.6) is 0 Å². The Bertz CT molecular complexity index is 1020. The minimum absolute atomic E-state index is 0.0707. The zero-order valence-electron chi connectivity index (χ0n) is 15.3. The SMILES string of the molecule is Cc1ccc(S(=O)(=O)Cc2ccccc2CC(=O)Cc2ccccc2)cc1. The average molecular weight is 378 g/mol. The molecule has 3 aromatic carbocycles. The van der Waals surface area contributed by atoms with Gasteiger partial charge in [-0.05, 0) is 35.7 Å². The standard InChI is InChI=1S/C23H22O3S/c1-18-11-13-23(14-12-18)27(25,26)17-21-10-6-5-9-20(21)16-22(24)15-19-7-3-2-4-8-19/h2-14H,15-17H2,1H3. The number of carbonyl (C=O) groups excluding carboxylic acids is 1. The first-order chi connectivity index (χ1) is 12.9. The fourth-order valence-corrected chi connectivity index (χ4v) is 4.41. The van der Waals surface area contributed by atoms with Gasteiger partial charge in [0.25, 0.3) is 0 Å². The van der Waals surface area contributed by atoms with Crippen LogP contribution in [0.1, 0.15) is 22.3 Å². The number of ketones is 1. The van der Waals surface area contributed by atoms with Crippen molar-refractivity contribution in [3.05, 3.63) is 101 Å².